The topological polar surface area (TPSA) is 0 Å². The summed E-state index contributed by atoms with van der Waals surface area (Å²) in [5.74, 6) is 3.48. The molecule has 0 unspecified atom stereocenters. The lowest BCUT2D eigenvalue weighted by atomic mass is 9.60. The van der Waals surface area contributed by atoms with Crippen LogP contribution in [0.2, 0.25) is 0 Å². The van der Waals surface area contributed by atoms with E-state index in [4.69, 9.17) is 0 Å². The maximum absolute atomic E-state index is 3.48. The molecule has 0 nitrogen and oxygen atoms in total. The number of fused-ring (bicyclic) bond motifs is 1. The molecular weight excluding hydrogens is 256 g/mol. The Hall–Kier alpha value is -1.00. The molecule has 108 valence electrons. The summed E-state index contributed by atoms with van der Waals surface area (Å²) in [5, 5.41) is 0. The second-order valence-electron chi connectivity index (χ2n) is 7.64. The van der Waals surface area contributed by atoms with E-state index in [2.05, 4.69) is 59.9 Å². The Balaban J connectivity index is 3.00. The van der Waals surface area contributed by atoms with Crippen molar-refractivity contribution in [2.75, 3.05) is 0 Å². The van der Waals surface area contributed by atoms with Crippen LogP contribution in [0.3, 0.4) is 0 Å². The predicted molar refractivity (Wildman–Crippen MR) is 92.8 cm³/mol. The van der Waals surface area contributed by atoms with Gasteiger partial charge in [0.25, 0.3) is 0 Å². The van der Waals surface area contributed by atoms with Crippen molar-refractivity contribution in [2.45, 2.75) is 72.1 Å². The molecule has 0 bridgehead atoms. The molecule has 1 aliphatic carbocycles. The second-order valence-corrected chi connectivity index (χ2v) is 8.14. The molecule has 1 aliphatic rings. The second kappa shape index (κ2) is 4.78. The van der Waals surface area contributed by atoms with E-state index >= 15 is 0 Å². The maximum Gasteiger partial charge on any atom is 0.0911 e. The summed E-state index contributed by atoms with van der Waals surface area (Å²) in [7, 11) is 0.947. The molecule has 2 rings (SSSR count). The van der Waals surface area contributed by atoms with Gasteiger partial charge < -0.3 is 0 Å². The first-order valence-corrected chi connectivity index (χ1v) is 8.71. The van der Waals surface area contributed by atoms with Crippen LogP contribution in [0.25, 0.3) is 0 Å². The molecule has 0 aliphatic heterocycles. The van der Waals surface area contributed by atoms with Gasteiger partial charge in [-0.2, -0.15) is 0 Å². The van der Waals surface area contributed by atoms with Gasteiger partial charge in [0.15, 0.2) is 0 Å². The SMILES string of the molecule is Cc1c(C)c(C#C[SiH3])c2c(c1C)C(C)(C)CCC2(C)C. The van der Waals surface area contributed by atoms with E-state index in [1.807, 2.05) is 0 Å². The molecule has 0 saturated carbocycles. The minimum Gasteiger partial charge on any atom is -0.138 e. The van der Waals surface area contributed by atoms with E-state index in [0.29, 0.717) is 0 Å². The largest absolute Gasteiger partial charge is 0.138 e. The molecule has 0 spiro atoms. The zero-order chi connectivity index (χ0) is 15.3. The molecule has 0 saturated heterocycles. The van der Waals surface area contributed by atoms with Crippen molar-refractivity contribution >= 4 is 10.2 Å². The van der Waals surface area contributed by atoms with Crippen molar-refractivity contribution in [2.24, 2.45) is 0 Å². The molecule has 0 atom stereocenters. The van der Waals surface area contributed by atoms with E-state index in [1.165, 1.54) is 40.7 Å². The summed E-state index contributed by atoms with van der Waals surface area (Å²) in [4.78, 5) is 0. The van der Waals surface area contributed by atoms with Crippen LogP contribution in [0.4, 0.5) is 0 Å². The van der Waals surface area contributed by atoms with Crippen molar-refractivity contribution < 1.29 is 0 Å². The fraction of sp³-hybridized carbons (Fsp3) is 0.579. The highest BCUT2D eigenvalue weighted by atomic mass is 28.1. The predicted octanol–water partition coefficient (Wildman–Crippen LogP) is 3.64. The summed E-state index contributed by atoms with van der Waals surface area (Å²) in [5.41, 5.74) is 12.6. The highest BCUT2D eigenvalue weighted by Gasteiger charge is 2.40. The van der Waals surface area contributed by atoms with E-state index < -0.39 is 0 Å². The first-order valence-electron chi connectivity index (χ1n) is 7.71. The molecule has 0 heterocycles. The minimum absolute atomic E-state index is 0.245. The van der Waals surface area contributed by atoms with Gasteiger partial charge in [0.2, 0.25) is 0 Å². The highest BCUT2D eigenvalue weighted by molar-refractivity contribution is 6.22. The summed E-state index contributed by atoms with van der Waals surface area (Å²) in [6.07, 6.45) is 2.52. The number of hydrogen-bond donors (Lipinski definition) is 0. The van der Waals surface area contributed by atoms with Crippen LogP contribution in [0.5, 0.6) is 0 Å². The van der Waals surface area contributed by atoms with Crippen LogP contribution in [0.1, 0.15) is 73.9 Å². The third kappa shape index (κ3) is 2.15. The lowest BCUT2D eigenvalue weighted by Crippen LogP contribution is -2.36. The molecule has 20 heavy (non-hydrogen) atoms. The molecule has 1 aromatic rings. The smallest absolute Gasteiger partial charge is 0.0911 e. The zero-order valence-corrected chi connectivity index (χ0v) is 16.4. The van der Waals surface area contributed by atoms with Gasteiger partial charge in [-0.15, -0.1) is 5.54 Å². The van der Waals surface area contributed by atoms with Gasteiger partial charge in [-0.1, -0.05) is 33.6 Å². The number of hydrogen-bond acceptors (Lipinski definition) is 0. The van der Waals surface area contributed by atoms with Crippen LogP contribution in [-0.2, 0) is 10.8 Å². The van der Waals surface area contributed by atoms with Crippen LogP contribution >= 0.6 is 0 Å². The average molecular weight is 285 g/mol. The standard InChI is InChI=1S/C19H28Si/c1-12-13(2)15(8-11-20)17-16(14(12)3)18(4,5)9-10-19(17,6)7/h9-10H2,1-7,20H3. The first-order chi connectivity index (χ1) is 9.13. The van der Waals surface area contributed by atoms with Gasteiger partial charge in [0, 0.05) is 5.56 Å². The Morgan fingerprint density at radius 1 is 0.800 bits per heavy atom. The Kier molecular flexibility index (Phi) is 3.67. The Labute approximate surface area is 127 Å². The lowest BCUT2D eigenvalue weighted by molar-refractivity contribution is 0.329. The quantitative estimate of drug-likeness (QED) is 0.504. The fourth-order valence-corrected chi connectivity index (χ4v) is 4.09. The summed E-state index contributed by atoms with van der Waals surface area (Å²) in [6.45, 7) is 16.4. The van der Waals surface area contributed by atoms with E-state index in [1.54, 1.807) is 5.56 Å². The van der Waals surface area contributed by atoms with E-state index in [0.717, 1.165) is 10.2 Å². The number of rotatable bonds is 0. The lowest BCUT2D eigenvalue weighted by Gasteiger charge is -2.44. The van der Waals surface area contributed by atoms with Gasteiger partial charge in [-0.05, 0) is 72.3 Å². The average Bonchev–Trinajstić information content (AvgIpc) is 2.35. The van der Waals surface area contributed by atoms with Gasteiger partial charge in [0.05, 0.1) is 10.2 Å². The normalized spacial score (nSPS) is 19.1. The van der Waals surface area contributed by atoms with Crippen LogP contribution in [0.15, 0.2) is 0 Å². The van der Waals surface area contributed by atoms with Gasteiger partial charge >= 0.3 is 0 Å². The van der Waals surface area contributed by atoms with Crippen LogP contribution in [-0.4, -0.2) is 10.2 Å². The first kappa shape index (κ1) is 15.4. The zero-order valence-electron chi connectivity index (χ0n) is 14.4. The Bertz CT molecular complexity index is 622. The van der Waals surface area contributed by atoms with E-state index in [9.17, 15) is 0 Å². The van der Waals surface area contributed by atoms with Gasteiger partial charge in [0.1, 0.15) is 0 Å². The minimum atomic E-state index is 0.245. The van der Waals surface area contributed by atoms with Crippen molar-refractivity contribution in [3.63, 3.8) is 0 Å². The third-order valence-electron chi connectivity index (χ3n) is 5.35. The van der Waals surface area contributed by atoms with Crippen LogP contribution < -0.4 is 0 Å². The third-order valence-corrected chi connectivity index (χ3v) is 5.60. The highest BCUT2D eigenvalue weighted by Crippen LogP contribution is 2.49. The van der Waals surface area contributed by atoms with Crippen molar-refractivity contribution in [1.29, 1.82) is 0 Å². The van der Waals surface area contributed by atoms with Crippen molar-refractivity contribution in [3.05, 3.63) is 33.4 Å². The summed E-state index contributed by atoms with van der Waals surface area (Å²) >= 11 is 0. The van der Waals surface area contributed by atoms with Gasteiger partial charge in [-0.3, -0.25) is 0 Å². The molecule has 0 fully saturated rings. The molecule has 0 aromatic heterocycles. The van der Waals surface area contributed by atoms with E-state index in [-0.39, 0.29) is 10.8 Å². The van der Waals surface area contributed by atoms with Crippen LogP contribution in [0, 0.1) is 32.2 Å². The summed E-state index contributed by atoms with van der Waals surface area (Å²) < 4.78 is 0. The molecule has 1 heteroatoms. The van der Waals surface area contributed by atoms with Gasteiger partial charge in [-0.25, -0.2) is 0 Å². The summed E-state index contributed by atoms with van der Waals surface area (Å²) in [6, 6.07) is 0. The van der Waals surface area contributed by atoms with Crippen molar-refractivity contribution in [3.8, 4) is 11.5 Å². The molecule has 0 amide bonds. The molecule has 0 radical (unpaired) electrons. The Morgan fingerprint density at radius 3 is 1.80 bits per heavy atom. The monoisotopic (exact) mass is 284 g/mol. The molecular formula is C19H28Si. The molecule has 0 N–H and O–H groups in total. The Morgan fingerprint density at radius 2 is 1.30 bits per heavy atom. The molecule has 1 aromatic carbocycles. The number of benzene rings is 1. The van der Waals surface area contributed by atoms with Crippen molar-refractivity contribution in [1.82, 2.24) is 0 Å². The fourth-order valence-electron chi connectivity index (χ4n) is 3.84. The maximum atomic E-state index is 3.48.